The molecule has 2 atom stereocenters. The number of carbonyl (C=O) groups excluding carboxylic acids is 1. The molecule has 0 radical (unpaired) electrons. The van der Waals surface area contributed by atoms with Gasteiger partial charge in [-0.1, -0.05) is 29.8 Å². The number of nitrogens with zero attached hydrogens (tertiary/aromatic N) is 1. The first-order valence-electron chi connectivity index (χ1n) is 9.34. The van der Waals surface area contributed by atoms with Gasteiger partial charge in [-0.05, 0) is 54.9 Å². The van der Waals surface area contributed by atoms with Crippen LogP contribution in [0.15, 0.2) is 36.5 Å². The minimum atomic E-state index is -2.60. The molecule has 1 unspecified atom stereocenters. The Hall–Kier alpha value is -2.01. The summed E-state index contributed by atoms with van der Waals surface area (Å²) in [7, 11) is 0. The van der Waals surface area contributed by atoms with Gasteiger partial charge in [0.25, 0.3) is 6.43 Å². The Labute approximate surface area is 162 Å². The fourth-order valence-electron chi connectivity index (χ4n) is 3.78. The third-order valence-electron chi connectivity index (χ3n) is 5.48. The summed E-state index contributed by atoms with van der Waals surface area (Å²) in [6.07, 6.45) is 3.71. The van der Waals surface area contributed by atoms with Crippen molar-refractivity contribution in [1.82, 2.24) is 10.3 Å². The number of amides is 1. The molecular formula is C21H21ClF2N2O. The van der Waals surface area contributed by atoms with Gasteiger partial charge in [-0.3, -0.25) is 9.78 Å². The number of hydrogen-bond acceptors (Lipinski definition) is 2. The van der Waals surface area contributed by atoms with Crippen LogP contribution in [0.3, 0.4) is 0 Å². The maximum Gasteiger partial charge on any atom is 0.265 e. The predicted octanol–water partition coefficient (Wildman–Crippen LogP) is 5.35. The van der Waals surface area contributed by atoms with Crippen molar-refractivity contribution >= 4 is 17.5 Å². The van der Waals surface area contributed by atoms with E-state index in [4.69, 9.17) is 11.6 Å². The molecule has 27 heavy (non-hydrogen) atoms. The Morgan fingerprint density at radius 1 is 1.19 bits per heavy atom. The summed E-state index contributed by atoms with van der Waals surface area (Å²) >= 11 is 6.10. The van der Waals surface area contributed by atoms with E-state index in [1.165, 1.54) is 24.5 Å². The second-order valence-electron chi connectivity index (χ2n) is 7.46. The van der Waals surface area contributed by atoms with Crippen molar-refractivity contribution < 1.29 is 13.6 Å². The second kappa shape index (κ2) is 7.55. The van der Waals surface area contributed by atoms with Crippen LogP contribution >= 0.6 is 11.6 Å². The molecule has 3 nitrogen and oxygen atoms in total. The van der Waals surface area contributed by atoms with Crippen LogP contribution in [0.2, 0.25) is 5.02 Å². The molecule has 2 aliphatic rings. The van der Waals surface area contributed by atoms with E-state index >= 15 is 0 Å². The fraction of sp³-hybridized carbons (Fsp3) is 0.429. The van der Waals surface area contributed by atoms with Gasteiger partial charge in [-0.25, -0.2) is 8.78 Å². The molecule has 1 saturated heterocycles. The molecule has 0 bridgehead atoms. The highest BCUT2D eigenvalue weighted by molar-refractivity contribution is 6.31. The molecule has 1 N–H and O–H groups in total. The maximum atomic E-state index is 13.0. The quantitative estimate of drug-likeness (QED) is 0.722. The van der Waals surface area contributed by atoms with Crippen molar-refractivity contribution in [2.75, 3.05) is 0 Å². The van der Waals surface area contributed by atoms with E-state index in [9.17, 15) is 13.6 Å². The van der Waals surface area contributed by atoms with Crippen molar-refractivity contribution in [3.05, 3.63) is 63.9 Å². The molecule has 1 aromatic carbocycles. The summed E-state index contributed by atoms with van der Waals surface area (Å²) < 4.78 is 26.1. The number of benzene rings is 1. The van der Waals surface area contributed by atoms with Crippen molar-refractivity contribution in [2.24, 2.45) is 0 Å². The molecule has 1 aliphatic heterocycles. The monoisotopic (exact) mass is 390 g/mol. The van der Waals surface area contributed by atoms with E-state index in [2.05, 4.69) is 16.4 Å². The average molecular weight is 391 g/mol. The van der Waals surface area contributed by atoms with Crippen LogP contribution in [0.25, 0.3) is 0 Å². The van der Waals surface area contributed by atoms with E-state index in [1.54, 1.807) is 12.1 Å². The molecule has 1 saturated carbocycles. The van der Waals surface area contributed by atoms with Crippen LogP contribution in [-0.4, -0.2) is 16.9 Å². The van der Waals surface area contributed by atoms with Crippen LogP contribution in [0.1, 0.15) is 72.7 Å². The van der Waals surface area contributed by atoms with E-state index in [1.807, 2.05) is 12.3 Å². The van der Waals surface area contributed by atoms with Crippen LogP contribution in [-0.2, 0) is 4.79 Å². The molecule has 0 spiro atoms. The first-order chi connectivity index (χ1) is 13.0. The predicted molar refractivity (Wildman–Crippen MR) is 100 cm³/mol. The van der Waals surface area contributed by atoms with Gasteiger partial charge in [-0.15, -0.1) is 0 Å². The van der Waals surface area contributed by atoms with Crippen LogP contribution < -0.4 is 5.32 Å². The number of carbonyl (C=O) groups is 1. The molecule has 2 aromatic rings. The number of nitrogens with one attached hydrogen (secondary N) is 1. The Bertz CT molecular complexity index is 837. The minimum absolute atomic E-state index is 0.0564. The maximum absolute atomic E-state index is 13.0. The molecular weight excluding hydrogens is 370 g/mol. The Kier molecular flexibility index (Phi) is 5.13. The molecule has 6 heteroatoms. The van der Waals surface area contributed by atoms with E-state index < -0.39 is 6.43 Å². The minimum Gasteiger partial charge on any atom is -0.353 e. The van der Waals surface area contributed by atoms with E-state index in [0.29, 0.717) is 18.8 Å². The van der Waals surface area contributed by atoms with Crippen molar-refractivity contribution in [1.29, 1.82) is 0 Å². The molecule has 4 rings (SSSR count). The summed E-state index contributed by atoms with van der Waals surface area (Å²) in [4.78, 5) is 16.2. The second-order valence-corrected chi connectivity index (χ2v) is 7.87. The normalized spacial score (nSPS) is 20.7. The van der Waals surface area contributed by atoms with Crippen LogP contribution in [0.5, 0.6) is 0 Å². The highest BCUT2D eigenvalue weighted by atomic mass is 35.5. The van der Waals surface area contributed by atoms with Crippen molar-refractivity contribution in [3.8, 4) is 0 Å². The summed E-state index contributed by atoms with van der Waals surface area (Å²) in [6.45, 7) is 0. The smallest absolute Gasteiger partial charge is 0.265 e. The van der Waals surface area contributed by atoms with Gasteiger partial charge in [0, 0.05) is 40.9 Å². The number of rotatable bonds is 6. The Morgan fingerprint density at radius 2 is 2.00 bits per heavy atom. The zero-order valence-electron chi connectivity index (χ0n) is 14.8. The summed E-state index contributed by atoms with van der Waals surface area (Å²) in [5, 5.41) is 3.06. The van der Waals surface area contributed by atoms with Crippen molar-refractivity contribution in [3.63, 3.8) is 0 Å². The molecule has 1 amide bonds. The third-order valence-corrected chi connectivity index (χ3v) is 5.81. The van der Waals surface area contributed by atoms with Crippen molar-refractivity contribution in [2.45, 2.75) is 56.4 Å². The number of hydrogen-bond donors (Lipinski definition) is 1. The van der Waals surface area contributed by atoms with E-state index in [-0.39, 0.29) is 28.5 Å². The zero-order chi connectivity index (χ0) is 19.0. The van der Waals surface area contributed by atoms with Gasteiger partial charge < -0.3 is 5.32 Å². The summed E-state index contributed by atoms with van der Waals surface area (Å²) in [6, 6.07) is 8.88. The lowest BCUT2D eigenvalue weighted by molar-refractivity contribution is -0.119. The highest BCUT2D eigenvalue weighted by Crippen LogP contribution is 2.40. The SMILES string of the molecule is O=C1CC[C@H](CC(c2ccc(C(F)F)c(Cl)c2)c2ccc(C3CC3)cn2)N1. The number of pyridine rings is 1. The fourth-order valence-corrected chi connectivity index (χ4v) is 4.06. The number of alkyl halides is 2. The largest absolute Gasteiger partial charge is 0.353 e. The first kappa shape index (κ1) is 18.4. The standard InChI is InChI=1S/C21H21ClF2N2O/c22-18-9-13(3-6-16(18)21(23)24)17(10-15-5-8-20(27)26-15)19-7-4-14(11-25-19)12-1-2-12/h3-4,6-7,9,11-12,15,17,21H,1-2,5,8,10H2,(H,26,27)/t15-,17?/m1/s1. The lowest BCUT2D eigenvalue weighted by Gasteiger charge is -2.22. The Balaban J connectivity index is 1.64. The molecule has 142 valence electrons. The topological polar surface area (TPSA) is 42.0 Å². The number of aromatic nitrogens is 1. The molecule has 2 heterocycles. The molecule has 1 aromatic heterocycles. The van der Waals surface area contributed by atoms with Gasteiger partial charge in [0.15, 0.2) is 0 Å². The Morgan fingerprint density at radius 3 is 2.56 bits per heavy atom. The third kappa shape index (κ3) is 4.13. The van der Waals surface area contributed by atoms with E-state index in [0.717, 1.165) is 17.7 Å². The lowest BCUT2D eigenvalue weighted by Crippen LogP contribution is -2.27. The van der Waals surface area contributed by atoms with Gasteiger partial charge in [-0.2, -0.15) is 0 Å². The lowest BCUT2D eigenvalue weighted by atomic mass is 9.87. The first-order valence-corrected chi connectivity index (χ1v) is 9.71. The zero-order valence-corrected chi connectivity index (χ0v) is 15.6. The van der Waals surface area contributed by atoms with Gasteiger partial charge in [0.2, 0.25) is 5.91 Å². The highest BCUT2D eigenvalue weighted by Gasteiger charge is 2.28. The summed E-state index contributed by atoms with van der Waals surface area (Å²) in [5.74, 6) is 0.576. The van der Waals surface area contributed by atoms with Gasteiger partial charge >= 0.3 is 0 Å². The average Bonchev–Trinajstić information content (AvgIpc) is 3.42. The summed E-state index contributed by atoms with van der Waals surface area (Å²) in [5.41, 5.74) is 2.81. The molecule has 1 aliphatic carbocycles. The number of halogens is 3. The molecule has 2 fully saturated rings. The van der Waals surface area contributed by atoms with Gasteiger partial charge in [0.05, 0.1) is 0 Å². The van der Waals surface area contributed by atoms with Gasteiger partial charge in [0.1, 0.15) is 0 Å². The van der Waals surface area contributed by atoms with Crippen LogP contribution in [0, 0.1) is 0 Å². The van der Waals surface area contributed by atoms with Crippen LogP contribution in [0.4, 0.5) is 8.78 Å².